The summed E-state index contributed by atoms with van der Waals surface area (Å²) in [7, 11) is 0. The SMILES string of the molecule is CC(C)(C)OCCOc1ccc(OCCO)cc1. The van der Waals surface area contributed by atoms with E-state index in [4.69, 9.17) is 19.3 Å². The third kappa shape index (κ3) is 6.47. The van der Waals surface area contributed by atoms with E-state index in [-0.39, 0.29) is 12.2 Å². The molecule has 0 amide bonds. The molecule has 0 heterocycles. The Morgan fingerprint density at radius 1 is 0.889 bits per heavy atom. The van der Waals surface area contributed by atoms with Crippen molar-refractivity contribution >= 4 is 0 Å². The van der Waals surface area contributed by atoms with Gasteiger partial charge in [0.15, 0.2) is 0 Å². The molecule has 0 aliphatic carbocycles. The van der Waals surface area contributed by atoms with Crippen LogP contribution in [-0.2, 0) is 4.74 Å². The van der Waals surface area contributed by atoms with Gasteiger partial charge in [0.1, 0.15) is 24.7 Å². The van der Waals surface area contributed by atoms with Crippen LogP contribution in [0.1, 0.15) is 20.8 Å². The number of ether oxygens (including phenoxy) is 3. The number of rotatable bonds is 7. The fraction of sp³-hybridized carbons (Fsp3) is 0.571. The maximum Gasteiger partial charge on any atom is 0.119 e. The molecule has 0 aliphatic rings. The summed E-state index contributed by atoms with van der Waals surface area (Å²) in [6.07, 6.45) is 0. The van der Waals surface area contributed by atoms with Crippen LogP contribution in [0.5, 0.6) is 11.5 Å². The van der Waals surface area contributed by atoms with Gasteiger partial charge in [0.2, 0.25) is 0 Å². The van der Waals surface area contributed by atoms with Crippen molar-refractivity contribution in [3.8, 4) is 11.5 Å². The molecule has 0 unspecified atom stereocenters. The fourth-order valence-corrected chi connectivity index (χ4v) is 1.30. The van der Waals surface area contributed by atoms with Crippen LogP contribution < -0.4 is 9.47 Å². The van der Waals surface area contributed by atoms with Gasteiger partial charge in [-0.1, -0.05) is 0 Å². The molecule has 0 fully saturated rings. The predicted octanol–water partition coefficient (Wildman–Crippen LogP) is 2.25. The Morgan fingerprint density at radius 2 is 1.39 bits per heavy atom. The average Bonchev–Trinajstić information content (AvgIpc) is 2.32. The normalized spacial score (nSPS) is 11.3. The van der Waals surface area contributed by atoms with Gasteiger partial charge in [-0.2, -0.15) is 0 Å². The monoisotopic (exact) mass is 254 g/mol. The summed E-state index contributed by atoms with van der Waals surface area (Å²) in [6.45, 7) is 7.45. The van der Waals surface area contributed by atoms with Crippen LogP contribution in [0.4, 0.5) is 0 Å². The van der Waals surface area contributed by atoms with Gasteiger partial charge in [0, 0.05) is 0 Å². The maximum absolute atomic E-state index is 8.63. The Labute approximate surface area is 108 Å². The standard InChI is InChI=1S/C14H22O4/c1-14(2,3)18-11-10-17-13-6-4-12(5-7-13)16-9-8-15/h4-7,15H,8-11H2,1-3H3. The van der Waals surface area contributed by atoms with Gasteiger partial charge in [0.25, 0.3) is 0 Å². The van der Waals surface area contributed by atoms with E-state index >= 15 is 0 Å². The Morgan fingerprint density at radius 3 is 1.83 bits per heavy atom. The van der Waals surface area contributed by atoms with Crippen molar-refractivity contribution in [2.75, 3.05) is 26.4 Å². The first-order valence-electron chi connectivity index (χ1n) is 6.12. The molecule has 0 bridgehead atoms. The molecule has 0 saturated carbocycles. The van der Waals surface area contributed by atoms with E-state index < -0.39 is 0 Å². The lowest BCUT2D eigenvalue weighted by Gasteiger charge is -2.19. The quantitative estimate of drug-likeness (QED) is 0.758. The number of hydrogen-bond acceptors (Lipinski definition) is 4. The topological polar surface area (TPSA) is 47.9 Å². The van der Waals surface area contributed by atoms with E-state index in [9.17, 15) is 0 Å². The van der Waals surface area contributed by atoms with Crippen LogP contribution in [-0.4, -0.2) is 37.1 Å². The van der Waals surface area contributed by atoms with Crippen LogP contribution in [0, 0.1) is 0 Å². The Kier molecular flexibility index (Phi) is 5.95. The molecule has 0 atom stereocenters. The summed E-state index contributed by atoms with van der Waals surface area (Å²) in [5.41, 5.74) is -0.134. The summed E-state index contributed by atoms with van der Waals surface area (Å²) in [4.78, 5) is 0. The molecular weight excluding hydrogens is 232 g/mol. The summed E-state index contributed by atoms with van der Waals surface area (Å²) in [5, 5.41) is 8.63. The minimum Gasteiger partial charge on any atom is -0.491 e. The molecule has 0 radical (unpaired) electrons. The third-order valence-electron chi connectivity index (χ3n) is 2.07. The van der Waals surface area contributed by atoms with Gasteiger partial charge in [-0.3, -0.25) is 0 Å². The van der Waals surface area contributed by atoms with Crippen molar-refractivity contribution in [2.45, 2.75) is 26.4 Å². The zero-order valence-electron chi connectivity index (χ0n) is 11.3. The van der Waals surface area contributed by atoms with Crippen molar-refractivity contribution in [1.29, 1.82) is 0 Å². The molecule has 1 aromatic carbocycles. The number of benzene rings is 1. The molecule has 0 aromatic heterocycles. The first-order chi connectivity index (χ1) is 8.51. The smallest absolute Gasteiger partial charge is 0.119 e. The zero-order chi connectivity index (χ0) is 13.4. The maximum atomic E-state index is 8.63. The summed E-state index contributed by atoms with van der Waals surface area (Å²) in [6, 6.07) is 7.30. The minimum absolute atomic E-state index is 0.0163. The predicted molar refractivity (Wildman–Crippen MR) is 70.2 cm³/mol. The molecule has 102 valence electrons. The van der Waals surface area contributed by atoms with E-state index in [1.807, 2.05) is 45.0 Å². The second-order valence-electron chi connectivity index (χ2n) is 4.85. The van der Waals surface area contributed by atoms with Gasteiger partial charge in [0.05, 0.1) is 18.8 Å². The first kappa shape index (κ1) is 14.8. The van der Waals surface area contributed by atoms with E-state index in [0.29, 0.717) is 19.8 Å². The van der Waals surface area contributed by atoms with Crippen molar-refractivity contribution < 1.29 is 19.3 Å². The number of aliphatic hydroxyl groups is 1. The second kappa shape index (κ2) is 7.24. The Balaban J connectivity index is 2.26. The highest BCUT2D eigenvalue weighted by Gasteiger charge is 2.09. The average molecular weight is 254 g/mol. The van der Waals surface area contributed by atoms with Crippen LogP contribution in [0.2, 0.25) is 0 Å². The van der Waals surface area contributed by atoms with Crippen molar-refractivity contribution in [2.24, 2.45) is 0 Å². The van der Waals surface area contributed by atoms with Crippen molar-refractivity contribution in [3.63, 3.8) is 0 Å². The number of aliphatic hydroxyl groups excluding tert-OH is 1. The van der Waals surface area contributed by atoms with E-state index in [1.165, 1.54) is 0 Å². The van der Waals surface area contributed by atoms with E-state index in [0.717, 1.165) is 11.5 Å². The molecule has 1 rings (SSSR count). The lowest BCUT2D eigenvalue weighted by molar-refractivity contribution is -0.0163. The highest BCUT2D eigenvalue weighted by atomic mass is 16.5. The van der Waals surface area contributed by atoms with Crippen LogP contribution >= 0.6 is 0 Å². The number of hydrogen-bond donors (Lipinski definition) is 1. The van der Waals surface area contributed by atoms with Crippen molar-refractivity contribution in [3.05, 3.63) is 24.3 Å². The van der Waals surface area contributed by atoms with Crippen LogP contribution in [0.3, 0.4) is 0 Å². The molecule has 0 saturated heterocycles. The summed E-state index contributed by atoms with van der Waals surface area (Å²) in [5.74, 6) is 1.51. The Hall–Kier alpha value is -1.26. The first-order valence-corrected chi connectivity index (χ1v) is 6.12. The molecule has 1 N–H and O–H groups in total. The van der Waals surface area contributed by atoms with Crippen LogP contribution in [0.25, 0.3) is 0 Å². The van der Waals surface area contributed by atoms with Gasteiger partial charge in [-0.25, -0.2) is 0 Å². The highest BCUT2D eigenvalue weighted by Crippen LogP contribution is 2.17. The largest absolute Gasteiger partial charge is 0.491 e. The molecule has 0 spiro atoms. The summed E-state index contributed by atoms with van der Waals surface area (Å²) >= 11 is 0. The lowest BCUT2D eigenvalue weighted by Crippen LogP contribution is -2.22. The molecule has 4 heteroatoms. The minimum atomic E-state index is -0.134. The van der Waals surface area contributed by atoms with E-state index in [1.54, 1.807) is 0 Å². The fourth-order valence-electron chi connectivity index (χ4n) is 1.30. The molecule has 0 aliphatic heterocycles. The van der Waals surface area contributed by atoms with Crippen molar-refractivity contribution in [1.82, 2.24) is 0 Å². The summed E-state index contributed by atoms with van der Waals surface area (Å²) < 4.78 is 16.3. The van der Waals surface area contributed by atoms with Gasteiger partial charge in [-0.15, -0.1) is 0 Å². The molecule has 1 aromatic rings. The van der Waals surface area contributed by atoms with Gasteiger partial charge in [-0.05, 0) is 45.0 Å². The van der Waals surface area contributed by atoms with E-state index in [2.05, 4.69) is 0 Å². The lowest BCUT2D eigenvalue weighted by atomic mass is 10.2. The van der Waals surface area contributed by atoms with Gasteiger partial charge < -0.3 is 19.3 Å². The Bertz CT molecular complexity index is 327. The molecule has 4 nitrogen and oxygen atoms in total. The zero-order valence-corrected chi connectivity index (χ0v) is 11.3. The van der Waals surface area contributed by atoms with Crippen LogP contribution in [0.15, 0.2) is 24.3 Å². The van der Waals surface area contributed by atoms with Gasteiger partial charge >= 0.3 is 0 Å². The molecular formula is C14H22O4. The highest BCUT2D eigenvalue weighted by molar-refractivity contribution is 5.31. The molecule has 18 heavy (non-hydrogen) atoms. The third-order valence-corrected chi connectivity index (χ3v) is 2.07. The second-order valence-corrected chi connectivity index (χ2v) is 4.85.